The molecule has 0 aliphatic carbocycles. The third-order valence-corrected chi connectivity index (χ3v) is 8.68. The quantitative estimate of drug-likeness (QED) is 0.375. The van der Waals surface area contributed by atoms with E-state index in [0.717, 1.165) is 19.8 Å². The van der Waals surface area contributed by atoms with Gasteiger partial charge in [0.25, 0.3) is 0 Å². The highest BCUT2D eigenvalue weighted by Crippen LogP contribution is 2.36. The number of unbranched alkanes of at least 4 members (excludes halogenated alkanes) is 5. The fourth-order valence-corrected chi connectivity index (χ4v) is 2.69. The fraction of sp³-hybridized carbons (Fsp3) is 1.00. The lowest BCUT2D eigenvalue weighted by molar-refractivity contribution is 0.0925. The van der Waals surface area contributed by atoms with Gasteiger partial charge >= 0.3 is 0 Å². The molecule has 0 aromatic rings. The van der Waals surface area contributed by atoms with E-state index in [-0.39, 0.29) is 0 Å². The first kappa shape index (κ1) is 19.1. The normalized spacial score (nSPS) is 12.9. The molecule has 3 heteroatoms. The van der Waals surface area contributed by atoms with E-state index in [9.17, 15) is 0 Å². The van der Waals surface area contributed by atoms with Crippen molar-refractivity contribution in [3.8, 4) is 0 Å². The van der Waals surface area contributed by atoms with Crippen LogP contribution < -0.4 is 0 Å². The zero-order valence-corrected chi connectivity index (χ0v) is 15.2. The summed E-state index contributed by atoms with van der Waals surface area (Å²) in [6, 6.07) is 0. The van der Waals surface area contributed by atoms with Gasteiger partial charge in [0, 0.05) is 6.61 Å². The maximum atomic E-state index is 6.07. The highest BCUT2D eigenvalue weighted by molar-refractivity contribution is 6.74. The zero-order chi connectivity index (χ0) is 14.8. The van der Waals surface area contributed by atoms with Crippen LogP contribution in [0, 0.1) is 0 Å². The van der Waals surface area contributed by atoms with Gasteiger partial charge in [-0.25, -0.2) is 0 Å². The molecule has 0 aromatic heterocycles. The minimum absolute atomic E-state index is 0.298. The first-order valence-corrected chi connectivity index (χ1v) is 10.9. The SMILES string of the molecule is CCCCCCCCOCCO[Si](C)(C)C(C)(C)C. The van der Waals surface area contributed by atoms with Crippen LogP contribution in [0.5, 0.6) is 0 Å². The summed E-state index contributed by atoms with van der Waals surface area (Å²) in [7, 11) is -1.58. The summed E-state index contributed by atoms with van der Waals surface area (Å²) >= 11 is 0. The summed E-state index contributed by atoms with van der Waals surface area (Å²) in [6.45, 7) is 16.1. The second kappa shape index (κ2) is 9.95. The first-order valence-electron chi connectivity index (χ1n) is 8.03. The van der Waals surface area contributed by atoms with Crippen molar-refractivity contribution < 1.29 is 9.16 Å². The molecule has 0 aliphatic heterocycles. The Bertz CT molecular complexity index is 209. The molecule has 0 spiro atoms. The smallest absolute Gasteiger partial charge is 0.192 e. The molecule has 0 N–H and O–H groups in total. The molecule has 19 heavy (non-hydrogen) atoms. The Morgan fingerprint density at radius 1 is 0.789 bits per heavy atom. The number of hydrogen-bond donors (Lipinski definition) is 0. The maximum Gasteiger partial charge on any atom is 0.192 e. The summed E-state index contributed by atoms with van der Waals surface area (Å²) in [5.74, 6) is 0. The van der Waals surface area contributed by atoms with Crippen LogP contribution in [0.1, 0.15) is 66.2 Å². The Balaban J connectivity index is 3.37. The predicted octanol–water partition coefficient (Wildman–Crippen LogP) is 5.39. The molecule has 116 valence electrons. The Hall–Kier alpha value is 0.137. The number of hydrogen-bond acceptors (Lipinski definition) is 2. The lowest BCUT2D eigenvalue weighted by Crippen LogP contribution is -2.41. The zero-order valence-electron chi connectivity index (χ0n) is 14.2. The molecular weight excluding hydrogens is 252 g/mol. The third-order valence-electron chi connectivity index (χ3n) is 4.14. The minimum Gasteiger partial charge on any atom is -0.414 e. The van der Waals surface area contributed by atoms with E-state index in [0.29, 0.717) is 5.04 Å². The van der Waals surface area contributed by atoms with Crippen molar-refractivity contribution in [3.63, 3.8) is 0 Å². The van der Waals surface area contributed by atoms with Crippen molar-refractivity contribution in [1.82, 2.24) is 0 Å². The van der Waals surface area contributed by atoms with E-state index >= 15 is 0 Å². The van der Waals surface area contributed by atoms with Gasteiger partial charge in [-0.1, -0.05) is 59.8 Å². The van der Waals surface area contributed by atoms with Crippen LogP contribution in [0.2, 0.25) is 18.1 Å². The minimum atomic E-state index is -1.58. The van der Waals surface area contributed by atoms with Crippen molar-refractivity contribution in [2.24, 2.45) is 0 Å². The van der Waals surface area contributed by atoms with Gasteiger partial charge in [0.05, 0.1) is 13.2 Å². The number of rotatable bonds is 11. The lowest BCUT2D eigenvalue weighted by Gasteiger charge is -2.36. The van der Waals surface area contributed by atoms with Crippen LogP contribution in [0.25, 0.3) is 0 Å². The molecule has 0 rings (SSSR count). The van der Waals surface area contributed by atoms with E-state index < -0.39 is 8.32 Å². The average Bonchev–Trinajstić information content (AvgIpc) is 2.30. The van der Waals surface area contributed by atoms with Crippen LogP contribution in [0.4, 0.5) is 0 Å². The molecule has 0 aliphatic rings. The summed E-state index contributed by atoms with van der Waals surface area (Å²) in [5.41, 5.74) is 0. The van der Waals surface area contributed by atoms with Crippen LogP contribution >= 0.6 is 0 Å². The van der Waals surface area contributed by atoms with Gasteiger partial charge in [-0.3, -0.25) is 0 Å². The van der Waals surface area contributed by atoms with Gasteiger partial charge in [0.2, 0.25) is 0 Å². The Morgan fingerprint density at radius 2 is 1.37 bits per heavy atom. The van der Waals surface area contributed by atoms with Crippen molar-refractivity contribution >= 4 is 8.32 Å². The highest BCUT2D eigenvalue weighted by Gasteiger charge is 2.36. The Labute approximate surface area is 122 Å². The predicted molar refractivity (Wildman–Crippen MR) is 87.3 cm³/mol. The molecule has 0 radical (unpaired) electrons. The van der Waals surface area contributed by atoms with Crippen LogP contribution in [0.15, 0.2) is 0 Å². The van der Waals surface area contributed by atoms with E-state index in [1.807, 2.05) is 0 Å². The van der Waals surface area contributed by atoms with E-state index in [1.165, 1.54) is 38.5 Å². The standard InChI is InChI=1S/C16H36O2Si/c1-7-8-9-10-11-12-13-17-14-15-18-19(5,6)16(2,3)4/h7-15H2,1-6H3. The molecule has 0 unspecified atom stereocenters. The summed E-state index contributed by atoms with van der Waals surface area (Å²) in [6.07, 6.45) is 7.94. The van der Waals surface area contributed by atoms with E-state index in [1.54, 1.807) is 0 Å². The molecule has 0 saturated heterocycles. The molecule has 0 saturated carbocycles. The van der Waals surface area contributed by atoms with Crippen molar-refractivity contribution in [1.29, 1.82) is 0 Å². The molecule has 0 bridgehead atoms. The molecule has 0 fully saturated rings. The highest BCUT2D eigenvalue weighted by atomic mass is 28.4. The van der Waals surface area contributed by atoms with Gasteiger partial charge in [-0.15, -0.1) is 0 Å². The molecule has 2 nitrogen and oxygen atoms in total. The van der Waals surface area contributed by atoms with Gasteiger partial charge in [-0.05, 0) is 24.6 Å². The van der Waals surface area contributed by atoms with Gasteiger partial charge in [0.1, 0.15) is 0 Å². The molecule has 0 aromatic carbocycles. The van der Waals surface area contributed by atoms with Gasteiger partial charge in [-0.2, -0.15) is 0 Å². The monoisotopic (exact) mass is 288 g/mol. The van der Waals surface area contributed by atoms with Crippen molar-refractivity contribution in [2.75, 3.05) is 19.8 Å². The average molecular weight is 289 g/mol. The molecule has 0 amide bonds. The third kappa shape index (κ3) is 9.64. The van der Waals surface area contributed by atoms with Crippen LogP contribution in [-0.4, -0.2) is 28.1 Å². The summed E-state index contributed by atoms with van der Waals surface area (Å²) < 4.78 is 11.7. The van der Waals surface area contributed by atoms with Gasteiger partial charge < -0.3 is 9.16 Å². The molecular formula is C16H36O2Si. The summed E-state index contributed by atoms with van der Waals surface area (Å²) in [5, 5.41) is 0.298. The second-order valence-corrected chi connectivity index (χ2v) is 11.8. The fourth-order valence-electron chi connectivity index (χ4n) is 1.66. The molecule has 0 atom stereocenters. The Kier molecular flexibility index (Phi) is 10.0. The van der Waals surface area contributed by atoms with Crippen LogP contribution in [-0.2, 0) is 9.16 Å². The maximum absolute atomic E-state index is 6.07. The number of ether oxygens (including phenoxy) is 1. The van der Waals surface area contributed by atoms with E-state index in [2.05, 4.69) is 40.8 Å². The van der Waals surface area contributed by atoms with Crippen LogP contribution in [0.3, 0.4) is 0 Å². The largest absolute Gasteiger partial charge is 0.414 e. The van der Waals surface area contributed by atoms with E-state index in [4.69, 9.17) is 9.16 Å². The lowest BCUT2D eigenvalue weighted by atomic mass is 10.1. The van der Waals surface area contributed by atoms with Crippen molar-refractivity contribution in [3.05, 3.63) is 0 Å². The second-order valence-electron chi connectivity index (χ2n) is 6.99. The Morgan fingerprint density at radius 3 is 1.95 bits per heavy atom. The van der Waals surface area contributed by atoms with Crippen molar-refractivity contribution in [2.45, 2.75) is 84.4 Å². The topological polar surface area (TPSA) is 18.5 Å². The molecule has 0 heterocycles. The first-order chi connectivity index (χ1) is 8.81. The van der Waals surface area contributed by atoms with Gasteiger partial charge in [0.15, 0.2) is 8.32 Å². The summed E-state index contributed by atoms with van der Waals surface area (Å²) in [4.78, 5) is 0.